The fourth-order valence-corrected chi connectivity index (χ4v) is 4.73. The number of nitro groups is 1. The van der Waals surface area contributed by atoms with Crippen LogP contribution in [-0.4, -0.2) is 43.8 Å². The van der Waals surface area contributed by atoms with Crippen LogP contribution >= 0.6 is 15.9 Å². The van der Waals surface area contributed by atoms with Crippen molar-refractivity contribution < 1.29 is 19.2 Å². The van der Waals surface area contributed by atoms with E-state index in [-0.39, 0.29) is 11.3 Å². The van der Waals surface area contributed by atoms with Crippen LogP contribution in [0.2, 0.25) is 0 Å². The number of ether oxygens (including phenoxy) is 1. The van der Waals surface area contributed by atoms with Gasteiger partial charge in [-0.3, -0.25) is 15.0 Å². The van der Waals surface area contributed by atoms with Gasteiger partial charge in [0.15, 0.2) is 0 Å². The minimum atomic E-state index is -0.529. The summed E-state index contributed by atoms with van der Waals surface area (Å²) in [4.78, 5) is 12.6. The number of fused-ring (bicyclic) bond motifs is 1. The number of non-ortho nitro benzene ring substituents is 1. The number of aromatic nitrogens is 2. The molecule has 0 bridgehead atoms. The van der Waals surface area contributed by atoms with Gasteiger partial charge in [0, 0.05) is 47.2 Å². The number of nitro benzene ring substituents is 1. The number of benzene rings is 2. The number of halogens is 1. The molecule has 1 spiro atoms. The molecule has 1 saturated heterocycles. The van der Waals surface area contributed by atoms with Gasteiger partial charge in [0.05, 0.1) is 17.6 Å². The molecule has 32 heavy (non-hydrogen) atoms. The molecule has 1 N–H and O–H groups in total. The highest BCUT2D eigenvalue weighted by molar-refractivity contribution is 9.10. The van der Waals surface area contributed by atoms with Gasteiger partial charge in [0.25, 0.3) is 5.69 Å². The highest BCUT2D eigenvalue weighted by Crippen LogP contribution is 2.45. The molecular weight excluding hydrogens is 480 g/mol. The van der Waals surface area contributed by atoms with Crippen molar-refractivity contribution in [2.75, 3.05) is 13.1 Å². The average molecular weight is 501 g/mol. The van der Waals surface area contributed by atoms with Gasteiger partial charge in [-0.25, -0.2) is 0 Å². The van der Waals surface area contributed by atoms with Crippen molar-refractivity contribution in [1.82, 2.24) is 15.1 Å². The van der Waals surface area contributed by atoms with Gasteiger partial charge in [-0.05, 0) is 37.1 Å². The molecule has 0 saturated carbocycles. The van der Waals surface area contributed by atoms with E-state index in [1.807, 2.05) is 18.2 Å². The average Bonchev–Trinajstić information content (AvgIpc) is 3.24. The van der Waals surface area contributed by atoms with Crippen molar-refractivity contribution in [2.45, 2.75) is 37.5 Å². The summed E-state index contributed by atoms with van der Waals surface area (Å²) in [5, 5.41) is 29.7. The largest absolute Gasteiger partial charge is 0.487 e. The highest BCUT2D eigenvalue weighted by Gasteiger charge is 2.43. The Kier molecular flexibility index (Phi) is 5.44. The number of aliphatic hydroxyl groups is 1. The lowest BCUT2D eigenvalue weighted by Gasteiger charge is -2.45. The summed E-state index contributed by atoms with van der Waals surface area (Å²) >= 11 is 3.47. The first-order valence-corrected chi connectivity index (χ1v) is 11.2. The molecule has 1 unspecified atom stereocenters. The van der Waals surface area contributed by atoms with E-state index < -0.39 is 11.0 Å². The molecule has 1 aromatic heterocycles. The van der Waals surface area contributed by atoms with Crippen LogP contribution in [0.4, 0.5) is 5.69 Å². The van der Waals surface area contributed by atoms with Gasteiger partial charge in [-0.15, -0.1) is 10.2 Å². The van der Waals surface area contributed by atoms with Gasteiger partial charge in [0.2, 0.25) is 11.8 Å². The Morgan fingerprint density at radius 3 is 2.66 bits per heavy atom. The molecule has 2 aliphatic rings. The Balaban J connectivity index is 1.22. The Hall–Kier alpha value is -2.82. The Bertz CT molecular complexity index is 1140. The van der Waals surface area contributed by atoms with Crippen molar-refractivity contribution in [3.8, 4) is 17.2 Å². The van der Waals surface area contributed by atoms with Crippen LogP contribution in [0.1, 0.15) is 36.8 Å². The number of nitrogens with zero attached hydrogens (tertiary/aromatic N) is 4. The summed E-state index contributed by atoms with van der Waals surface area (Å²) < 4.78 is 13.1. The predicted octanol–water partition coefficient (Wildman–Crippen LogP) is 4.26. The maximum Gasteiger partial charge on any atom is 0.269 e. The monoisotopic (exact) mass is 500 g/mol. The van der Waals surface area contributed by atoms with Crippen molar-refractivity contribution in [2.24, 2.45) is 0 Å². The molecule has 166 valence electrons. The second-order valence-electron chi connectivity index (χ2n) is 8.27. The number of likely N-dealkylation sites (tertiary alicyclic amines) is 1. The minimum absolute atomic E-state index is 0.0146. The van der Waals surface area contributed by atoms with Crippen LogP contribution in [0.25, 0.3) is 11.5 Å². The van der Waals surface area contributed by atoms with Gasteiger partial charge in [-0.1, -0.05) is 22.0 Å². The fraction of sp³-hybridized carbons (Fsp3) is 0.364. The molecule has 2 aliphatic heterocycles. The quantitative estimate of drug-likeness (QED) is 0.417. The second kappa shape index (κ2) is 8.27. The molecule has 1 fully saturated rings. The molecule has 9 nitrogen and oxygen atoms in total. The first-order chi connectivity index (χ1) is 15.4. The second-order valence-corrected chi connectivity index (χ2v) is 9.18. The summed E-state index contributed by atoms with van der Waals surface area (Å²) in [6.45, 7) is 2.08. The molecule has 3 aromatic rings. The maximum atomic E-state index is 10.8. The Morgan fingerprint density at radius 1 is 1.19 bits per heavy atom. The normalized spacial score (nSPS) is 20.0. The summed E-state index contributed by atoms with van der Waals surface area (Å²) in [5.74, 6) is 1.58. The molecule has 0 amide bonds. The molecule has 5 rings (SSSR count). The Morgan fingerprint density at radius 2 is 1.94 bits per heavy atom. The topological polar surface area (TPSA) is 115 Å². The van der Waals surface area contributed by atoms with Crippen molar-refractivity contribution in [3.63, 3.8) is 0 Å². The highest BCUT2D eigenvalue weighted by atomic mass is 79.9. The van der Waals surface area contributed by atoms with Gasteiger partial charge >= 0.3 is 0 Å². The number of hydrogen-bond donors (Lipinski definition) is 1. The lowest BCUT2D eigenvalue weighted by molar-refractivity contribution is -0.384. The van der Waals surface area contributed by atoms with E-state index in [0.717, 1.165) is 41.7 Å². The number of rotatable bonds is 4. The van der Waals surface area contributed by atoms with E-state index in [9.17, 15) is 15.2 Å². The van der Waals surface area contributed by atoms with Crippen LogP contribution in [0.15, 0.2) is 51.4 Å². The molecule has 0 aliphatic carbocycles. The maximum absolute atomic E-state index is 10.8. The van der Waals surface area contributed by atoms with E-state index in [2.05, 4.69) is 31.0 Å². The van der Waals surface area contributed by atoms with E-state index >= 15 is 0 Å². The summed E-state index contributed by atoms with van der Waals surface area (Å²) in [7, 11) is 0. The SMILES string of the molecule is O=[N+]([O-])c1ccc(-c2nnc(CN3CCC4(CC3)CC(O)c3ccc(Br)cc3O4)o2)cc1. The molecule has 0 radical (unpaired) electrons. The third kappa shape index (κ3) is 4.13. The van der Waals surface area contributed by atoms with Crippen molar-refractivity contribution in [1.29, 1.82) is 0 Å². The smallest absolute Gasteiger partial charge is 0.269 e. The standard InChI is InChI=1S/C22H21BrN4O5/c23-15-3-6-17-18(28)12-22(32-19(17)11-15)7-9-26(10-8-22)13-20-24-25-21(31-20)14-1-4-16(5-2-14)27(29)30/h1-6,11,18,28H,7-10,12-13H2. The third-order valence-corrected chi connectivity index (χ3v) is 6.64. The van der Waals surface area contributed by atoms with Gasteiger partial charge in [-0.2, -0.15) is 0 Å². The van der Waals surface area contributed by atoms with Crippen LogP contribution in [0, 0.1) is 10.1 Å². The molecular formula is C22H21BrN4O5. The van der Waals surface area contributed by atoms with E-state index in [0.29, 0.717) is 30.3 Å². The van der Waals surface area contributed by atoms with Crippen molar-refractivity contribution >= 4 is 21.6 Å². The molecule has 10 heteroatoms. The lowest BCUT2D eigenvalue weighted by Crippen LogP contribution is -2.50. The van der Waals surface area contributed by atoms with Crippen LogP contribution in [0.3, 0.4) is 0 Å². The van der Waals surface area contributed by atoms with Crippen molar-refractivity contribution in [3.05, 3.63) is 68.5 Å². The molecule has 3 heterocycles. The first-order valence-electron chi connectivity index (χ1n) is 10.4. The van der Waals surface area contributed by atoms with E-state index in [4.69, 9.17) is 9.15 Å². The van der Waals surface area contributed by atoms with Crippen LogP contribution in [-0.2, 0) is 6.54 Å². The predicted molar refractivity (Wildman–Crippen MR) is 118 cm³/mol. The minimum Gasteiger partial charge on any atom is -0.487 e. The fourth-order valence-electron chi connectivity index (χ4n) is 4.39. The zero-order valence-corrected chi connectivity index (χ0v) is 18.7. The van der Waals surface area contributed by atoms with Crippen LogP contribution < -0.4 is 4.74 Å². The summed E-state index contributed by atoms with van der Waals surface area (Å²) in [6.07, 6.45) is 1.64. The van der Waals surface area contributed by atoms with E-state index in [1.165, 1.54) is 12.1 Å². The number of piperidine rings is 1. The zero-order valence-electron chi connectivity index (χ0n) is 17.1. The van der Waals surface area contributed by atoms with Gasteiger partial charge in [0.1, 0.15) is 11.4 Å². The third-order valence-electron chi connectivity index (χ3n) is 6.14. The number of hydrogen-bond acceptors (Lipinski definition) is 8. The number of aliphatic hydroxyl groups excluding tert-OH is 1. The molecule has 2 aromatic carbocycles. The van der Waals surface area contributed by atoms with E-state index in [1.54, 1.807) is 12.1 Å². The zero-order chi connectivity index (χ0) is 22.3. The lowest BCUT2D eigenvalue weighted by atomic mass is 9.81. The Labute approximate surface area is 192 Å². The van der Waals surface area contributed by atoms with Gasteiger partial charge < -0.3 is 14.3 Å². The summed E-state index contributed by atoms with van der Waals surface area (Å²) in [6, 6.07) is 11.8. The first kappa shape index (κ1) is 21.0. The molecule has 1 atom stereocenters. The van der Waals surface area contributed by atoms with Crippen LogP contribution in [0.5, 0.6) is 5.75 Å². The summed E-state index contributed by atoms with van der Waals surface area (Å²) in [5.41, 5.74) is 1.12.